The Kier molecular flexibility index (Phi) is 4.84. The molecule has 1 aromatic rings. The molecule has 0 amide bonds. The topological polar surface area (TPSA) is 38.3 Å². The van der Waals surface area contributed by atoms with E-state index in [1.165, 1.54) is 11.1 Å². The molecule has 0 radical (unpaired) electrons. The molecule has 0 saturated carbocycles. The minimum Gasteiger partial charge on any atom is -0.496 e. The number of hydrogen-bond acceptors (Lipinski definition) is 3. The molecule has 0 aliphatic carbocycles. The summed E-state index contributed by atoms with van der Waals surface area (Å²) in [6.07, 6.45) is 1.81. The van der Waals surface area contributed by atoms with Crippen LogP contribution >= 0.6 is 0 Å². The van der Waals surface area contributed by atoms with E-state index < -0.39 is 0 Å². The van der Waals surface area contributed by atoms with Crippen molar-refractivity contribution >= 4 is 6.29 Å². The fraction of sp³-hybridized carbons (Fsp3) is 0.417. The number of ether oxygens (including phenoxy) is 1. The minimum atomic E-state index is 0.396. The molecule has 0 atom stereocenters. The van der Waals surface area contributed by atoms with E-state index in [0.29, 0.717) is 6.54 Å². The second-order valence-corrected chi connectivity index (χ2v) is 3.30. The lowest BCUT2D eigenvalue weighted by atomic mass is 10.1. The summed E-state index contributed by atoms with van der Waals surface area (Å²) in [6, 6.07) is 6.09. The normalized spacial score (nSPS) is 10.0. The lowest BCUT2D eigenvalue weighted by Crippen LogP contribution is -2.15. The minimum absolute atomic E-state index is 0.396. The van der Waals surface area contributed by atoms with Gasteiger partial charge in [-0.05, 0) is 23.6 Å². The van der Waals surface area contributed by atoms with Crippen molar-refractivity contribution in [1.82, 2.24) is 5.32 Å². The van der Waals surface area contributed by atoms with Crippen molar-refractivity contribution in [2.24, 2.45) is 0 Å². The number of rotatable bonds is 6. The summed E-state index contributed by atoms with van der Waals surface area (Å²) < 4.78 is 5.24. The van der Waals surface area contributed by atoms with Crippen molar-refractivity contribution in [2.75, 3.05) is 13.7 Å². The molecule has 15 heavy (non-hydrogen) atoms. The highest BCUT2D eigenvalue weighted by Gasteiger charge is 2.01. The highest BCUT2D eigenvalue weighted by atomic mass is 16.5. The summed E-state index contributed by atoms with van der Waals surface area (Å²) in [4.78, 5) is 10.1. The fourth-order valence-electron chi connectivity index (χ4n) is 1.49. The standard InChI is InChI=1S/C12H17NO2/c1-3-11-8-10(9-13-6-7-14)4-5-12(11)15-2/h4-5,7-8,13H,3,6,9H2,1-2H3. The third-order valence-corrected chi connectivity index (χ3v) is 2.28. The van der Waals surface area contributed by atoms with Crippen molar-refractivity contribution in [3.8, 4) is 5.75 Å². The maximum absolute atomic E-state index is 10.1. The molecule has 0 aromatic heterocycles. The predicted molar refractivity (Wildman–Crippen MR) is 60.1 cm³/mol. The first-order valence-corrected chi connectivity index (χ1v) is 5.12. The Hall–Kier alpha value is -1.35. The quantitative estimate of drug-likeness (QED) is 0.568. The highest BCUT2D eigenvalue weighted by Crippen LogP contribution is 2.20. The van der Waals surface area contributed by atoms with Gasteiger partial charge >= 0.3 is 0 Å². The Morgan fingerprint density at radius 3 is 2.87 bits per heavy atom. The molecule has 0 fully saturated rings. The van der Waals surface area contributed by atoms with E-state index in [2.05, 4.69) is 18.3 Å². The molecule has 3 nitrogen and oxygen atoms in total. The van der Waals surface area contributed by atoms with E-state index in [1.807, 2.05) is 12.1 Å². The van der Waals surface area contributed by atoms with Crippen LogP contribution in [-0.4, -0.2) is 19.9 Å². The van der Waals surface area contributed by atoms with E-state index in [9.17, 15) is 4.79 Å². The van der Waals surface area contributed by atoms with Gasteiger partial charge in [0.1, 0.15) is 12.0 Å². The van der Waals surface area contributed by atoms with Crippen LogP contribution in [-0.2, 0) is 17.8 Å². The molecule has 0 spiro atoms. The molecule has 0 bridgehead atoms. The zero-order chi connectivity index (χ0) is 11.1. The van der Waals surface area contributed by atoms with Gasteiger partial charge in [0, 0.05) is 6.54 Å². The van der Waals surface area contributed by atoms with Crippen molar-refractivity contribution < 1.29 is 9.53 Å². The van der Waals surface area contributed by atoms with Gasteiger partial charge in [0.05, 0.1) is 13.7 Å². The van der Waals surface area contributed by atoms with E-state index in [1.54, 1.807) is 7.11 Å². The summed E-state index contributed by atoms with van der Waals surface area (Å²) >= 11 is 0. The average Bonchev–Trinajstić information content (AvgIpc) is 2.29. The zero-order valence-corrected chi connectivity index (χ0v) is 9.25. The molecule has 82 valence electrons. The largest absolute Gasteiger partial charge is 0.496 e. The van der Waals surface area contributed by atoms with Gasteiger partial charge in [-0.3, -0.25) is 0 Å². The summed E-state index contributed by atoms with van der Waals surface area (Å²) in [5, 5.41) is 3.03. The number of carbonyl (C=O) groups is 1. The number of benzene rings is 1. The SMILES string of the molecule is CCc1cc(CNCC=O)ccc1OC. The lowest BCUT2D eigenvalue weighted by Gasteiger charge is -2.09. The molecular formula is C12H17NO2. The second kappa shape index (κ2) is 6.19. The molecule has 1 rings (SSSR count). The first-order valence-electron chi connectivity index (χ1n) is 5.12. The molecular weight excluding hydrogens is 190 g/mol. The van der Waals surface area contributed by atoms with Crippen LogP contribution in [0.4, 0.5) is 0 Å². The van der Waals surface area contributed by atoms with Crippen molar-refractivity contribution in [3.63, 3.8) is 0 Å². The van der Waals surface area contributed by atoms with Crippen molar-refractivity contribution in [2.45, 2.75) is 19.9 Å². The van der Waals surface area contributed by atoms with Crippen LogP contribution in [0.5, 0.6) is 5.75 Å². The molecule has 1 N–H and O–H groups in total. The Labute approximate surface area is 90.4 Å². The van der Waals surface area contributed by atoms with Crippen LogP contribution in [0.25, 0.3) is 0 Å². The lowest BCUT2D eigenvalue weighted by molar-refractivity contribution is -0.107. The van der Waals surface area contributed by atoms with E-state index in [0.717, 1.165) is 25.0 Å². The summed E-state index contributed by atoms with van der Waals surface area (Å²) in [7, 11) is 1.68. The van der Waals surface area contributed by atoms with E-state index in [-0.39, 0.29) is 0 Å². The Balaban J connectivity index is 2.69. The van der Waals surface area contributed by atoms with Gasteiger partial charge in [0.25, 0.3) is 0 Å². The molecule has 1 aromatic carbocycles. The zero-order valence-electron chi connectivity index (χ0n) is 9.25. The molecule has 0 heterocycles. The van der Waals surface area contributed by atoms with Gasteiger partial charge in [-0.15, -0.1) is 0 Å². The van der Waals surface area contributed by atoms with Crippen LogP contribution in [0.1, 0.15) is 18.1 Å². The third-order valence-electron chi connectivity index (χ3n) is 2.28. The smallest absolute Gasteiger partial charge is 0.133 e. The molecule has 0 aliphatic heterocycles. The first-order chi connectivity index (χ1) is 7.31. The van der Waals surface area contributed by atoms with E-state index >= 15 is 0 Å². The Morgan fingerprint density at radius 2 is 2.27 bits per heavy atom. The maximum atomic E-state index is 10.1. The molecule has 3 heteroatoms. The van der Waals surface area contributed by atoms with Gasteiger partial charge in [0.2, 0.25) is 0 Å². The Morgan fingerprint density at radius 1 is 1.47 bits per heavy atom. The molecule has 0 unspecified atom stereocenters. The van der Waals surface area contributed by atoms with Gasteiger partial charge in [-0.2, -0.15) is 0 Å². The third kappa shape index (κ3) is 3.36. The van der Waals surface area contributed by atoms with Crippen LogP contribution < -0.4 is 10.1 Å². The molecule has 0 aliphatic rings. The van der Waals surface area contributed by atoms with Gasteiger partial charge in [-0.1, -0.05) is 19.1 Å². The number of hydrogen-bond donors (Lipinski definition) is 1. The van der Waals surface area contributed by atoms with Gasteiger partial charge < -0.3 is 14.8 Å². The number of nitrogens with one attached hydrogen (secondary N) is 1. The van der Waals surface area contributed by atoms with Gasteiger partial charge in [0.15, 0.2) is 0 Å². The Bertz CT molecular complexity index is 323. The summed E-state index contributed by atoms with van der Waals surface area (Å²) in [6.45, 7) is 3.21. The van der Waals surface area contributed by atoms with Crippen LogP contribution in [0.3, 0.4) is 0 Å². The van der Waals surface area contributed by atoms with E-state index in [4.69, 9.17) is 4.74 Å². The predicted octanol–water partition coefficient (Wildman–Crippen LogP) is 1.55. The van der Waals surface area contributed by atoms with Crippen LogP contribution in [0, 0.1) is 0 Å². The first kappa shape index (κ1) is 11.7. The average molecular weight is 207 g/mol. The van der Waals surface area contributed by atoms with Crippen molar-refractivity contribution in [1.29, 1.82) is 0 Å². The maximum Gasteiger partial charge on any atom is 0.133 e. The summed E-state index contributed by atoms with van der Waals surface area (Å²) in [5.41, 5.74) is 2.37. The highest BCUT2D eigenvalue weighted by molar-refractivity contribution is 5.51. The number of methoxy groups -OCH3 is 1. The fourth-order valence-corrected chi connectivity index (χ4v) is 1.49. The monoisotopic (exact) mass is 207 g/mol. The number of aldehydes is 1. The van der Waals surface area contributed by atoms with Crippen LogP contribution in [0.2, 0.25) is 0 Å². The molecule has 0 saturated heterocycles. The summed E-state index contributed by atoms with van der Waals surface area (Å²) in [5.74, 6) is 0.927. The number of aryl methyl sites for hydroxylation is 1. The van der Waals surface area contributed by atoms with Crippen molar-refractivity contribution in [3.05, 3.63) is 29.3 Å². The second-order valence-electron chi connectivity index (χ2n) is 3.30. The van der Waals surface area contributed by atoms with Gasteiger partial charge in [-0.25, -0.2) is 0 Å². The van der Waals surface area contributed by atoms with Crippen LogP contribution in [0.15, 0.2) is 18.2 Å². The number of carbonyl (C=O) groups excluding carboxylic acids is 1.